The Bertz CT molecular complexity index is 1250. The highest BCUT2D eigenvalue weighted by molar-refractivity contribution is 7.90. The van der Waals surface area contributed by atoms with Crippen molar-refractivity contribution in [2.24, 2.45) is 0 Å². The Balaban J connectivity index is 1.86. The van der Waals surface area contributed by atoms with Crippen LogP contribution in [0.15, 0.2) is 53.7 Å². The zero-order valence-corrected chi connectivity index (χ0v) is 19.2. The van der Waals surface area contributed by atoms with Gasteiger partial charge in [-0.1, -0.05) is 26.0 Å². The summed E-state index contributed by atoms with van der Waals surface area (Å²) in [6, 6.07) is 7.88. The smallest absolute Gasteiger partial charge is 0.345 e. The third-order valence-electron chi connectivity index (χ3n) is 5.05. The van der Waals surface area contributed by atoms with Crippen LogP contribution in [-0.2, 0) is 16.0 Å². The summed E-state index contributed by atoms with van der Waals surface area (Å²) < 4.78 is 63.1. The normalized spacial score (nSPS) is 13.2. The minimum Gasteiger partial charge on any atom is -0.345 e. The second-order valence-corrected chi connectivity index (χ2v) is 9.96. The summed E-state index contributed by atoms with van der Waals surface area (Å²) in [6.07, 6.45) is -1.31. The van der Waals surface area contributed by atoms with Crippen molar-refractivity contribution >= 4 is 15.7 Å². The van der Waals surface area contributed by atoms with Crippen LogP contribution < -0.4 is 5.32 Å². The molecule has 11 heteroatoms. The lowest BCUT2D eigenvalue weighted by Crippen LogP contribution is -2.27. The van der Waals surface area contributed by atoms with Gasteiger partial charge in [0.1, 0.15) is 0 Å². The average Bonchev–Trinajstić information content (AvgIpc) is 3.18. The summed E-state index contributed by atoms with van der Waals surface area (Å²) in [7, 11) is -3.33. The summed E-state index contributed by atoms with van der Waals surface area (Å²) in [5.41, 5.74) is 0.600. The second-order valence-electron chi connectivity index (χ2n) is 7.95. The highest BCUT2D eigenvalue weighted by Gasteiger charge is 2.31. The van der Waals surface area contributed by atoms with Gasteiger partial charge in [-0.2, -0.15) is 18.3 Å². The molecular weight excluding hydrogens is 457 g/mol. The predicted molar refractivity (Wildman–Crippen MR) is 116 cm³/mol. The monoisotopic (exact) mass is 480 g/mol. The number of amides is 1. The van der Waals surface area contributed by atoms with Gasteiger partial charge in [-0.05, 0) is 42.7 Å². The fourth-order valence-electron chi connectivity index (χ4n) is 3.31. The van der Waals surface area contributed by atoms with Crippen molar-refractivity contribution in [2.45, 2.75) is 43.8 Å². The highest BCUT2D eigenvalue weighted by Crippen LogP contribution is 2.29. The minimum atomic E-state index is -4.50. The van der Waals surface area contributed by atoms with Gasteiger partial charge in [0.05, 0.1) is 34.0 Å². The Kier molecular flexibility index (Phi) is 6.64. The molecule has 3 aromatic rings. The lowest BCUT2D eigenvalue weighted by atomic mass is 10.0. The molecule has 0 radical (unpaired) electrons. The van der Waals surface area contributed by atoms with Gasteiger partial charge in [-0.15, -0.1) is 0 Å². The number of hydrogen-bond acceptors (Lipinski definition) is 5. The molecule has 0 saturated heterocycles. The van der Waals surface area contributed by atoms with Crippen molar-refractivity contribution in [3.8, 4) is 5.82 Å². The number of pyridine rings is 1. The minimum absolute atomic E-state index is 0.162. The second kappa shape index (κ2) is 8.97. The van der Waals surface area contributed by atoms with E-state index in [0.29, 0.717) is 11.3 Å². The Labute approximate surface area is 189 Å². The molecule has 1 aromatic carbocycles. The summed E-state index contributed by atoms with van der Waals surface area (Å²) >= 11 is 0. The van der Waals surface area contributed by atoms with Gasteiger partial charge in [-0.25, -0.2) is 18.1 Å². The molecule has 0 fully saturated rings. The summed E-state index contributed by atoms with van der Waals surface area (Å²) in [4.78, 5) is 17.0. The van der Waals surface area contributed by atoms with E-state index < -0.39 is 33.5 Å². The summed E-state index contributed by atoms with van der Waals surface area (Å²) in [5, 5.41) is 7.03. The molecule has 0 aliphatic rings. The number of sulfone groups is 1. The zero-order chi connectivity index (χ0) is 24.6. The van der Waals surface area contributed by atoms with E-state index in [0.717, 1.165) is 18.5 Å². The van der Waals surface area contributed by atoms with Gasteiger partial charge in [-0.3, -0.25) is 4.79 Å². The molecule has 33 heavy (non-hydrogen) atoms. The Hall–Kier alpha value is -3.21. The van der Waals surface area contributed by atoms with Crippen molar-refractivity contribution in [1.29, 1.82) is 0 Å². The number of aromatic nitrogens is 3. The van der Waals surface area contributed by atoms with Crippen LogP contribution in [0.3, 0.4) is 0 Å². The van der Waals surface area contributed by atoms with Crippen molar-refractivity contribution in [3.05, 3.63) is 71.2 Å². The summed E-state index contributed by atoms with van der Waals surface area (Å²) in [6.45, 7) is 5.42. The molecule has 0 aliphatic carbocycles. The standard InChI is InChI=1S/C22H23F3N4O3S/c1-13(2)20-18(12-27-29(20)19-10-7-16(11-26-19)22(23,24)25)21(30)28-14(3)15-5-8-17(9-6-15)33(4,31)32/h5-14H,1-4H3,(H,28,30). The van der Waals surface area contributed by atoms with Crippen LogP contribution in [-0.4, -0.2) is 35.3 Å². The zero-order valence-electron chi connectivity index (χ0n) is 18.4. The maximum absolute atomic E-state index is 13.0. The maximum Gasteiger partial charge on any atom is 0.417 e. The first kappa shape index (κ1) is 24.4. The molecule has 0 bridgehead atoms. The first-order valence-electron chi connectivity index (χ1n) is 10.0. The molecule has 1 amide bonds. The Morgan fingerprint density at radius 1 is 1.03 bits per heavy atom. The number of carbonyl (C=O) groups is 1. The first-order chi connectivity index (χ1) is 15.3. The molecule has 2 heterocycles. The van der Waals surface area contributed by atoms with Crippen LogP contribution in [0.2, 0.25) is 0 Å². The van der Waals surface area contributed by atoms with E-state index in [1.54, 1.807) is 19.1 Å². The van der Waals surface area contributed by atoms with Crippen LogP contribution >= 0.6 is 0 Å². The van der Waals surface area contributed by atoms with Crippen LogP contribution in [0.5, 0.6) is 0 Å². The van der Waals surface area contributed by atoms with Gasteiger partial charge >= 0.3 is 6.18 Å². The summed E-state index contributed by atoms with van der Waals surface area (Å²) in [5.74, 6) is -0.437. The molecule has 2 aromatic heterocycles. The molecule has 0 aliphatic heterocycles. The van der Waals surface area contributed by atoms with Gasteiger partial charge in [0.15, 0.2) is 15.7 Å². The van der Waals surface area contributed by atoms with E-state index in [-0.39, 0.29) is 22.2 Å². The lowest BCUT2D eigenvalue weighted by molar-refractivity contribution is -0.137. The molecule has 1 atom stereocenters. The number of benzene rings is 1. The molecule has 3 rings (SSSR count). The Morgan fingerprint density at radius 3 is 2.15 bits per heavy atom. The van der Waals surface area contributed by atoms with E-state index in [2.05, 4.69) is 15.4 Å². The third kappa shape index (κ3) is 5.41. The van der Waals surface area contributed by atoms with Gasteiger partial charge < -0.3 is 5.32 Å². The van der Waals surface area contributed by atoms with Crippen molar-refractivity contribution in [3.63, 3.8) is 0 Å². The topological polar surface area (TPSA) is 94.0 Å². The van der Waals surface area contributed by atoms with Gasteiger partial charge in [0, 0.05) is 12.5 Å². The lowest BCUT2D eigenvalue weighted by Gasteiger charge is -2.16. The Morgan fingerprint density at radius 2 is 1.67 bits per heavy atom. The number of halogens is 3. The van der Waals surface area contributed by atoms with Crippen molar-refractivity contribution in [1.82, 2.24) is 20.1 Å². The SMILES string of the molecule is CC(C)c1c(C(=O)NC(C)c2ccc(S(C)(=O)=O)cc2)cnn1-c1ccc(C(F)(F)F)cn1. The van der Waals surface area contributed by atoms with E-state index in [9.17, 15) is 26.4 Å². The number of hydrogen-bond donors (Lipinski definition) is 1. The van der Waals surface area contributed by atoms with Crippen LogP contribution in [0.4, 0.5) is 13.2 Å². The highest BCUT2D eigenvalue weighted by atomic mass is 32.2. The fraction of sp³-hybridized carbons (Fsp3) is 0.318. The molecule has 1 unspecified atom stereocenters. The average molecular weight is 481 g/mol. The number of alkyl halides is 3. The first-order valence-corrected chi connectivity index (χ1v) is 11.9. The molecule has 0 saturated carbocycles. The van der Waals surface area contributed by atoms with E-state index in [1.807, 2.05) is 13.8 Å². The fourth-order valence-corrected chi connectivity index (χ4v) is 3.94. The number of nitrogens with one attached hydrogen (secondary N) is 1. The molecule has 1 N–H and O–H groups in total. The quantitative estimate of drug-likeness (QED) is 0.568. The molecular formula is C22H23F3N4O3S. The van der Waals surface area contributed by atoms with Crippen molar-refractivity contribution in [2.75, 3.05) is 6.26 Å². The number of rotatable bonds is 6. The number of nitrogens with zero attached hydrogens (tertiary/aromatic N) is 3. The van der Waals surface area contributed by atoms with Crippen LogP contribution in [0.1, 0.15) is 59.9 Å². The van der Waals surface area contributed by atoms with Crippen LogP contribution in [0, 0.1) is 0 Å². The van der Waals surface area contributed by atoms with Crippen LogP contribution in [0.25, 0.3) is 5.82 Å². The number of carbonyl (C=O) groups excluding carboxylic acids is 1. The van der Waals surface area contributed by atoms with E-state index >= 15 is 0 Å². The molecule has 176 valence electrons. The molecule has 0 spiro atoms. The predicted octanol–water partition coefficient (Wildman–Crippen LogP) is 4.30. The maximum atomic E-state index is 13.0. The largest absolute Gasteiger partial charge is 0.417 e. The van der Waals surface area contributed by atoms with Crippen molar-refractivity contribution < 1.29 is 26.4 Å². The molecule has 7 nitrogen and oxygen atoms in total. The van der Waals surface area contributed by atoms with E-state index in [4.69, 9.17) is 0 Å². The van der Waals surface area contributed by atoms with Gasteiger partial charge in [0.2, 0.25) is 0 Å². The van der Waals surface area contributed by atoms with E-state index in [1.165, 1.54) is 29.1 Å². The third-order valence-corrected chi connectivity index (χ3v) is 6.17. The van der Waals surface area contributed by atoms with Gasteiger partial charge in [0.25, 0.3) is 5.91 Å².